The summed E-state index contributed by atoms with van der Waals surface area (Å²) in [5.41, 5.74) is 0. The third kappa shape index (κ3) is 8.69. The summed E-state index contributed by atoms with van der Waals surface area (Å²) in [4.78, 5) is 29.9. The standard InChI is InChI=1S/C4H4O4.C4H8O3/c5-3-1-7-4(6)2-8-3;1-3(5)2-4(6)7/h1-2H2;3,5H,2H2,1H3,(H,6,7). The molecule has 0 radical (unpaired) electrons. The molecule has 1 rings (SSSR count). The van der Waals surface area contributed by atoms with Gasteiger partial charge in [-0.2, -0.15) is 0 Å². The van der Waals surface area contributed by atoms with Crippen LogP contribution in [0, 0.1) is 0 Å². The van der Waals surface area contributed by atoms with Gasteiger partial charge in [0.05, 0.1) is 12.5 Å². The lowest BCUT2D eigenvalue weighted by atomic mass is 10.3. The lowest BCUT2D eigenvalue weighted by Crippen LogP contribution is -2.27. The third-order valence-corrected chi connectivity index (χ3v) is 1.17. The number of hydrogen-bond donors (Lipinski definition) is 2. The Morgan fingerprint density at radius 2 is 1.73 bits per heavy atom. The number of aliphatic hydroxyl groups is 1. The van der Waals surface area contributed by atoms with E-state index in [2.05, 4.69) is 9.47 Å². The van der Waals surface area contributed by atoms with Gasteiger partial charge in [0, 0.05) is 0 Å². The Kier molecular flexibility index (Phi) is 6.03. The molecule has 1 saturated heterocycles. The summed E-state index contributed by atoms with van der Waals surface area (Å²) in [5.74, 6) is -1.93. The van der Waals surface area contributed by atoms with Gasteiger partial charge in [-0.1, -0.05) is 0 Å². The van der Waals surface area contributed by atoms with E-state index in [1.807, 2.05) is 0 Å². The van der Waals surface area contributed by atoms with Gasteiger partial charge < -0.3 is 19.7 Å². The van der Waals surface area contributed by atoms with Gasteiger partial charge in [-0.15, -0.1) is 0 Å². The number of esters is 2. The van der Waals surface area contributed by atoms with Gasteiger partial charge in [0.25, 0.3) is 0 Å². The molecular weight excluding hydrogens is 208 g/mol. The molecule has 0 aromatic carbocycles. The highest BCUT2D eigenvalue weighted by Crippen LogP contribution is 1.90. The molecule has 0 aromatic rings. The van der Waals surface area contributed by atoms with Crippen molar-refractivity contribution in [2.75, 3.05) is 13.2 Å². The second-order valence-corrected chi connectivity index (χ2v) is 2.77. The predicted molar refractivity (Wildman–Crippen MR) is 45.9 cm³/mol. The molecular formula is C8H12O7. The number of carboxylic acids is 1. The van der Waals surface area contributed by atoms with Gasteiger partial charge in [0.1, 0.15) is 0 Å². The quantitative estimate of drug-likeness (QED) is 0.570. The molecule has 7 nitrogen and oxygen atoms in total. The molecule has 1 aliphatic heterocycles. The lowest BCUT2D eigenvalue weighted by molar-refractivity contribution is -0.174. The van der Waals surface area contributed by atoms with Crippen LogP contribution in [0.25, 0.3) is 0 Å². The predicted octanol–water partition coefficient (Wildman–Crippen LogP) is -1.07. The van der Waals surface area contributed by atoms with Gasteiger partial charge in [0.2, 0.25) is 0 Å². The van der Waals surface area contributed by atoms with Gasteiger partial charge in [-0.25, -0.2) is 9.59 Å². The molecule has 1 heterocycles. The Morgan fingerprint density at radius 1 is 1.33 bits per heavy atom. The Hall–Kier alpha value is -1.63. The molecule has 2 N–H and O–H groups in total. The second-order valence-electron chi connectivity index (χ2n) is 2.77. The summed E-state index contributed by atoms with van der Waals surface area (Å²) in [7, 11) is 0. The van der Waals surface area contributed by atoms with E-state index in [-0.39, 0.29) is 19.6 Å². The molecule has 86 valence electrons. The smallest absolute Gasteiger partial charge is 0.344 e. The SMILES string of the molecule is CC(O)CC(=O)O.O=C1COC(=O)CO1. The molecule has 0 saturated carbocycles. The van der Waals surface area contributed by atoms with Crippen LogP contribution in [0.1, 0.15) is 13.3 Å². The van der Waals surface area contributed by atoms with Crippen LogP contribution >= 0.6 is 0 Å². The van der Waals surface area contributed by atoms with Crippen LogP contribution in [0.5, 0.6) is 0 Å². The molecule has 1 aliphatic rings. The summed E-state index contributed by atoms with van der Waals surface area (Å²) in [6.45, 7) is 0.964. The zero-order valence-corrected chi connectivity index (χ0v) is 8.13. The van der Waals surface area contributed by atoms with E-state index >= 15 is 0 Å². The van der Waals surface area contributed by atoms with Crippen LogP contribution in [0.2, 0.25) is 0 Å². The van der Waals surface area contributed by atoms with Crippen LogP contribution in [0.15, 0.2) is 0 Å². The highest BCUT2D eigenvalue weighted by atomic mass is 16.6. The first kappa shape index (κ1) is 13.4. The molecule has 1 unspecified atom stereocenters. The number of carbonyl (C=O) groups is 3. The number of rotatable bonds is 2. The van der Waals surface area contributed by atoms with E-state index in [1.165, 1.54) is 6.92 Å². The molecule has 0 aliphatic carbocycles. The zero-order valence-electron chi connectivity index (χ0n) is 8.13. The zero-order chi connectivity index (χ0) is 11.8. The number of carboxylic acid groups (broad SMARTS) is 1. The van der Waals surface area contributed by atoms with Crippen molar-refractivity contribution < 1.29 is 34.1 Å². The molecule has 1 fully saturated rings. The van der Waals surface area contributed by atoms with Crippen molar-refractivity contribution in [1.82, 2.24) is 0 Å². The Balaban J connectivity index is 0.000000265. The van der Waals surface area contributed by atoms with E-state index in [9.17, 15) is 14.4 Å². The van der Waals surface area contributed by atoms with Gasteiger partial charge in [-0.05, 0) is 6.92 Å². The van der Waals surface area contributed by atoms with Crippen molar-refractivity contribution in [3.63, 3.8) is 0 Å². The fourth-order valence-corrected chi connectivity index (χ4v) is 0.615. The monoisotopic (exact) mass is 220 g/mol. The summed E-state index contributed by atoms with van der Waals surface area (Å²) in [6, 6.07) is 0. The molecule has 0 aromatic heterocycles. The van der Waals surface area contributed by atoms with E-state index < -0.39 is 24.0 Å². The number of ether oxygens (including phenoxy) is 2. The van der Waals surface area contributed by atoms with E-state index in [0.29, 0.717) is 0 Å². The average molecular weight is 220 g/mol. The Labute approximate surface area is 85.6 Å². The largest absolute Gasteiger partial charge is 0.481 e. The van der Waals surface area contributed by atoms with Crippen LogP contribution < -0.4 is 0 Å². The number of cyclic esters (lactones) is 2. The molecule has 0 amide bonds. The third-order valence-electron chi connectivity index (χ3n) is 1.17. The van der Waals surface area contributed by atoms with Crippen molar-refractivity contribution in [1.29, 1.82) is 0 Å². The summed E-state index contributed by atoms with van der Waals surface area (Å²) in [5, 5.41) is 16.3. The molecule has 1 atom stereocenters. The first-order chi connectivity index (χ1) is 6.91. The number of hydrogen-bond acceptors (Lipinski definition) is 6. The summed E-state index contributed by atoms with van der Waals surface area (Å²) >= 11 is 0. The minimum absolute atomic E-state index is 0.167. The molecule has 0 spiro atoms. The maximum absolute atomic E-state index is 10.1. The maximum Gasteiger partial charge on any atom is 0.344 e. The Bertz CT molecular complexity index is 217. The minimum Gasteiger partial charge on any atom is -0.481 e. The normalized spacial score (nSPS) is 16.7. The van der Waals surface area contributed by atoms with Gasteiger partial charge >= 0.3 is 17.9 Å². The van der Waals surface area contributed by atoms with E-state index in [0.717, 1.165) is 0 Å². The highest BCUT2D eigenvalue weighted by Gasteiger charge is 2.16. The average Bonchev–Trinajstić information content (AvgIpc) is 2.09. The van der Waals surface area contributed by atoms with Crippen LogP contribution in [0.3, 0.4) is 0 Å². The maximum atomic E-state index is 10.1. The minimum atomic E-state index is -0.963. The fraction of sp³-hybridized carbons (Fsp3) is 0.625. The number of aliphatic hydroxyl groups excluding tert-OH is 1. The topological polar surface area (TPSA) is 110 Å². The highest BCUT2D eigenvalue weighted by molar-refractivity contribution is 5.82. The molecule has 7 heteroatoms. The first-order valence-corrected chi connectivity index (χ1v) is 4.13. The number of aliphatic carboxylic acids is 1. The van der Waals surface area contributed by atoms with Crippen LogP contribution in [-0.4, -0.2) is 47.4 Å². The molecule has 0 bridgehead atoms. The van der Waals surface area contributed by atoms with Crippen LogP contribution in [0.4, 0.5) is 0 Å². The van der Waals surface area contributed by atoms with Crippen molar-refractivity contribution in [2.45, 2.75) is 19.4 Å². The van der Waals surface area contributed by atoms with Crippen molar-refractivity contribution in [3.05, 3.63) is 0 Å². The van der Waals surface area contributed by atoms with Crippen LogP contribution in [-0.2, 0) is 23.9 Å². The van der Waals surface area contributed by atoms with Gasteiger partial charge in [0.15, 0.2) is 13.2 Å². The van der Waals surface area contributed by atoms with E-state index in [1.54, 1.807) is 0 Å². The molecule has 15 heavy (non-hydrogen) atoms. The van der Waals surface area contributed by atoms with Crippen molar-refractivity contribution in [3.8, 4) is 0 Å². The first-order valence-electron chi connectivity index (χ1n) is 4.13. The second kappa shape index (κ2) is 6.77. The fourth-order valence-electron chi connectivity index (χ4n) is 0.615. The van der Waals surface area contributed by atoms with Crippen molar-refractivity contribution in [2.24, 2.45) is 0 Å². The summed E-state index contributed by atoms with van der Waals surface area (Å²) in [6.07, 6.45) is -0.891. The lowest BCUT2D eigenvalue weighted by Gasteiger charge is -2.09. The van der Waals surface area contributed by atoms with Crippen molar-refractivity contribution >= 4 is 17.9 Å². The van der Waals surface area contributed by atoms with E-state index in [4.69, 9.17) is 10.2 Å². The Morgan fingerprint density at radius 3 is 1.87 bits per heavy atom. The number of carbonyl (C=O) groups excluding carboxylic acids is 2. The summed E-state index contributed by atoms with van der Waals surface area (Å²) < 4.78 is 8.55. The van der Waals surface area contributed by atoms with Gasteiger partial charge in [-0.3, -0.25) is 4.79 Å².